The van der Waals surface area contributed by atoms with Crippen molar-refractivity contribution in [1.82, 2.24) is 4.06 Å². The van der Waals surface area contributed by atoms with Gasteiger partial charge in [-0.1, -0.05) is 0 Å². The van der Waals surface area contributed by atoms with Crippen LogP contribution >= 0.6 is 24.8 Å². The second kappa shape index (κ2) is 5.01. The van der Waals surface area contributed by atoms with Crippen molar-refractivity contribution in [1.29, 1.82) is 0 Å². The van der Waals surface area contributed by atoms with E-state index in [9.17, 15) is 0 Å². The van der Waals surface area contributed by atoms with Gasteiger partial charge in [-0.2, -0.15) is 0 Å². The molecule has 4 heteroatoms. The van der Waals surface area contributed by atoms with E-state index in [2.05, 4.69) is 35.8 Å². The second-order valence-corrected chi connectivity index (χ2v) is 6.28. The van der Waals surface area contributed by atoms with E-state index >= 15 is 0 Å². The fraction of sp³-hybridized carbons (Fsp3) is 0.667. The summed E-state index contributed by atoms with van der Waals surface area (Å²) in [5.74, 6) is 0. The van der Waals surface area contributed by atoms with Gasteiger partial charge in [0.15, 0.2) is 0 Å². The van der Waals surface area contributed by atoms with Gasteiger partial charge in [0.05, 0.1) is 0 Å². The van der Waals surface area contributed by atoms with Gasteiger partial charge in [0, 0.05) is 0 Å². The van der Waals surface area contributed by atoms with Crippen molar-refractivity contribution < 1.29 is 17.4 Å². The third kappa shape index (κ3) is 6.86. The predicted octanol–water partition coefficient (Wildman–Crippen LogP) is 1.23. The molecule has 0 fully saturated rings. The number of hydrogen-bond acceptors (Lipinski definition) is 1. The summed E-state index contributed by atoms with van der Waals surface area (Å²) >= 11 is 8.11. The molecule has 0 saturated carbocycles. The Labute approximate surface area is 62.5 Å². The Morgan fingerprint density at radius 1 is 2.00 bits per heavy atom. The van der Waals surface area contributed by atoms with Gasteiger partial charge in [-0.25, -0.2) is 0 Å². The molecule has 1 nitrogen and oxygen atoms in total. The summed E-state index contributed by atoms with van der Waals surface area (Å²) in [5, 5.41) is 1.29. The number of hydrogen-bond donors (Lipinski definition) is 2. The van der Waals surface area contributed by atoms with Crippen LogP contribution < -0.4 is 4.06 Å². The number of thiocarbonyl (C=S) groups is 1. The molecule has 0 aliphatic carbocycles. The van der Waals surface area contributed by atoms with Crippen LogP contribution in [0.3, 0.4) is 0 Å². The quantitative estimate of drug-likeness (QED) is 0.382. The molecule has 0 amide bonds. The molecule has 0 aromatic heterocycles. The zero-order valence-corrected chi connectivity index (χ0v) is 8.95. The van der Waals surface area contributed by atoms with Crippen LogP contribution in [0.5, 0.6) is 0 Å². The standard InChI is InChI=1S/C2H5.CH3NS2.Zn/c1-2;2-1(3)4;/h1H2,2H3;(H3,2,3,4);/q;;+1/p-1. The normalized spacial score (nSPS) is 7.14. The van der Waals surface area contributed by atoms with Gasteiger partial charge >= 0.3 is 62.5 Å². The molecule has 0 bridgehead atoms. The predicted molar refractivity (Wildman–Crippen MR) is 35.2 cm³/mol. The molecule has 7 heavy (non-hydrogen) atoms. The molecule has 0 rings (SSSR count). The molecule has 0 aromatic rings. The van der Waals surface area contributed by atoms with Crippen molar-refractivity contribution in [3.05, 3.63) is 0 Å². The first kappa shape index (κ1) is 7.86. The van der Waals surface area contributed by atoms with E-state index in [1.807, 2.05) is 0 Å². The van der Waals surface area contributed by atoms with Crippen LogP contribution in [-0.2, 0) is 17.4 Å². The minimum atomic E-state index is -0.453. The van der Waals surface area contributed by atoms with E-state index in [4.69, 9.17) is 0 Å². The van der Waals surface area contributed by atoms with Crippen LogP contribution in [0.4, 0.5) is 0 Å². The van der Waals surface area contributed by atoms with Crippen molar-refractivity contribution in [2.24, 2.45) is 0 Å². The van der Waals surface area contributed by atoms with Crippen molar-refractivity contribution in [3.63, 3.8) is 0 Å². The Balaban J connectivity index is 2.82. The van der Waals surface area contributed by atoms with E-state index in [0.29, 0.717) is 4.32 Å². The van der Waals surface area contributed by atoms with E-state index in [1.54, 1.807) is 0 Å². The van der Waals surface area contributed by atoms with Gasteiger partial charge in [0.25, 0.3) is 0 Å². The van der Waals surface area contributed by atoms with E-state index in [-0.39, 0.29) is 0 Å². The molecule has 0 aliphatic heterocycles. The molecule has 0 atom stereocenters. The van der Waals surface area contributed by atoms with Gasteiger partial charge in [-0.3, -0.25) is 0 Å². The Bertz CT molecular complexity index is 66.0. The van der Waals surface area contributed by atoms with Crippen molar-refractivity contribution in [2.45, 2.75) is 11.9 Å². The second-order valence-electron chi connectivity index (χ2n) is 1.23. The Kier molecular flexibility index (Phi) is 5.63. The number of rotatable bonds is 2. The van der Waals surface area contributed by atoms with Crippen molar-refractivity contribution in [3.8, 4) is 0 Å². The molecule has 0 aliphatic rings. The first-order valence-corrected chi connectivity index (χ1v) is 6.68. The molecule has 1 N–H and O–H groups in total. The summed E-state index contributed by atoms with van der Waals surface area (Å²) in [4.78, 5) is 0. The molecule has 0 radical (unpaired) electrons. The molecule has 0 heterocycles. The molecule has 0 spiro atoms. The Morgan fingerprint density at radius 3 is 2.71 bits per heavy atom. The third-order valence-electron chi connectivity index (χ3n) is 0.526. The van der Waals surface area contributed by atoms with Crippen LogP contribution in [-0.4, -0.2) is 4.32 Å². The molecular weight excluding hydrogens is 180 g/mol. The van der Waals surface area contributed by atoms with E-state index in [1.165, 1.54) is 5.02 Å². The Hall–Kier alpha value is 0.863. The van der Waals surface area contributed by atoms with E-state index in [0.717, 1.165) is 0 Å². The molecular formula is C3H7NS2Zn. The summed E-state index contributed by atoms with van der Waals surface area (Å²) in [7, 11) is 0. The van der Waals surface area contributed by atoms with E-state index < -0.39 is 17.4 Å². The van der Waals surface area contributed by atoms with Crippen LogP contribution in [0, 0.1) is 0 Å². The van der Waals surface area contributed by atoms with Crippen LogP contribution in [0.1, 0.15) is 6.92 Å². The van der Waals surface area contributed by atoms with Gasteiger partial charge in [0.2, 0.25) is 0 Å². The van der Waals surface area contributed by atoms with Crippen LogP contribution in [0.2, 0.25) is 5.02 Å². The average Bonchev–Trinajstić information content (AvgIpc) is 1.61. The van der Waals surface area contributed by atoms with Crippen LogP contribution in [0.15, 0.2) is 0 Å². The summed E-state index contributed by atoms with van der Waals surface area (Å²) < 4.78 is 3.75. The van der Waals surface area contributed by atoms with Crippen molar-refractivity contribution in [2.75, 3.05) is 0 Å². The third-order valence-corrected chi connectivity index (χ3v) is 4.31. The fourth-order valence-electron chi connectivity index (χ4n) is 0.232. The number of nitrogens with one attached hydrogen (secondary N) is 1. The summed E-state index contributed by atoms with van der Waals surface area (Å²) in [6.07, 6.45) is 0. The average molecular weight is 187 g/mol. The zero-order chi connectivity index (χ0) is 5.70. The zero-order valence-electron chi connectivity index (χ0n) is 4.27. The van der Waals surface area contributed by atoms with Gasteiger partial charge in [-0.15, -0.1) is 0 Å². The summed E-state index contributed by atoms with van der Waals surface area (Å²) in [6.45, 7) is 2.17. The van der Waals surface area contributed by atoms with Crippen molar-refractivity contribution >= 4 is 29.2 Å². The molecule has 0 unspecified atom stereocenters. The SMILES string of the molecule is C[CH2][Zn][NH]C(=S)S. The molecule has 0 aromatic carbocycles. The fourth-order valence-corrected chi connectivity index (χ4v) is 2.32. The number of thiol groups is 1. The minimum absolute atomic E-state index is 0.453. The first-order valence-electron chi connectivity index (χ1n) is 2.24. The molecule has 38 valence electrons. The van der Waals surface area contributed by atoms with Crippen LogP contribution in [0.25, 0.3) is 0 Å². The monoisotopic (exact) mass is 185 g/mol. The van der Waals surface area contributed by atoms with Gasteiger partial charge in [-0.05, 0) is 0 Å². The van der Waals surface area contributed by atoms with Gasteiger partial charge < -0.3 is 0 Å². The first-order chi connectivity index (χ1) is 3.27. The molecule has 0 saturated heterocycles. The summed E-state index contributed by atoms with van der Waals surface area (Å²) in [6, 6.07) is 0. The topological polar surface area (TPSA) is 12.0 Å². The maximum absolute atomic E-state index is 4.66. The Morgan fingerprint density at radius 2 is 2.57 bits per heavy atom. The maximum atomic E-state index is 4.66. The van der Waals surface area contributed by atoms with Gasteiger partial charge in [0.1, 0.15) is 0 Å². The summed E-state index contributed by atoms with van der Waals surface area (Å²) in [5.41, 5.74) is 0.